The van der Waals surface area contributed by atoms with E-state index < -0.39 is 0 Å². The Balaban J connectivity index is 1.75. The lowest BCUT2D eigenvalue weighted by molar-refractivity contribution is -0.115. The summed E-state index contributed by atoms with van der Waals surface area (Å²) in [5.74, 6) is 0.792. The number of nitrogens with one attached hydrogen (secondary N) is 2. The van der Waals surface area contributed by atoms with Crippen molar-refractivity contribution in [2.24, 2.45) is 0 Å². The Morgan fingerprint density at radius 3 is 2.58 bits per heavy atom. The van der Waals surface area contributed by atoms with Gasteiger partial charge in [-0.05, 0) is 49.2 Å². The van der Waals surface area contributed by atoms with Crippen LogP contribution in [0.1, 0.15) is 43.7 Å². The molecule has 140 valence electrons. The van der Waals surface area contributed by atoms with Gasteiger partial charge >= 0.3 is 0 Å². The molecule has 0 aliphatic rings. The Morgan fingerprint density at radius 2 is 1.85 bits per heavy atom. The van der Waals surface area contributed by atoms with E-state index in [9.17, 15) is 4.79 Å². The fourth-order valence-electron chi connectivity index (χ4n) is 2.68. The van der Waals surface area contributed by atoms with E-state index in [4.69, 9.17) is 4.74 Å². The van der Waals surface area contributed by atoms with Crippen LogP contribution in [0.5, 0.6) is 5.75 Å². The molecular weight excluding hydrogens is 324 g/mol. The summed E-state index contributed by atoms with van der Waals surface area (Å²) in [5.41, 5.74) is 2.95. The lowest BCUT2D eigenvalue weighted by atomic mass is 10.2. The number of amides is 1. The highest BCUT2D eigenvalue weighted by Gasteiger charge is 2.06. The number of aryl methyl sites for hydroxylation is 1. The maximum Gasteiger partial charge on any atom is 0.238 e. The molecule has 0 radical (unpaired) electrons. The summed E-state index contributed by atoms with van der Waals surface area (Å²) in [4.78, 5) is 12.0. The Kier molecular flexibility index (Phi) is 8.70. The van der Waals surface area contributed by atoms with Crippen LogP contribution in [0, 0.1) is 6.92 Å². The smallest absolute Gasteiger partial charge is 0.238 e. The zero-order chi connectivity index (χ0) is 18.6. The van der Waals surface area contributed by atoms with Gasteiger partial charge in [0, 0.05) is 5.69 Å². The van der Waals surface area contributed by atoms with Gasteiger partial charge in [-0.25, -0.2) is 0 Å². The van der Waals surface area contributed by atoms with E-state index in [0.717, 1.165) is 35.5 Å². The summed E-state index contributed by atoms with van der Waals surface area (Å²) >= 11 is 0. The van der Waals surface area contributed by atoms with Crippen LogP contribution in [0.4, 0.5) is 5.69 Å². The van der Waals surface area contributed by atoms with Crippen LogP contribution in [-0.2, 0) is 11.4 Å². The van der Waals surface area contributed by atoms with Gasteiger partial charge < -0.3 is 15.4 Å². The fraction of sp³-hybridized carbons (Fsp3) is 0.409. The molecule has 0 saturated carbocycles. The van der Waals surface area contributed by atoms with E-state index in [2.05, 4.69) is 17.6 Å². The Hall–Kier alpha value is -2.33. The summed E-state index contributed by atoms with van der Waals surface area (Å²) in [6.45, 7) is 5.94. The van der Waals surface area contributed by atoms with E-state index in [0.29, 0.717) is 13.2 Å². The minimum absolute atomic E-state index is 0.0125. The van der Waals surface area contributed by atoms with Crippen molar-refractivity contribution in [2.45, 2.75) is 46.1 Å². The second kappa shape index (κ2) is 11.3. The van der Waals surface area contributed by atoms with E-state index in [1.54, 1.807) is 0 Å². The average Bonchev–Trinajstić information content (AvgIpc) is 2.66. The number of hydrogen-bond acceptors (Lipinski definition) is 3. The number of benzene rings is 2. The number of carbonyl (C=O) groups is 1. The van der Waals surface area contributed by atoms with Crippen molar-refractivity contribution in [1.29, 1.82) is 0 Å². The van der Waals surface area contributed by atoms with E-state index in [1.807, 2.05) is 55.5 Å². The third-order valence-electron chi connectivity index (χ3n) is 4.21. The van der Waals surface area contributed by atoms with Crippen molar-refractivity contribution >= 4 is 11.6 Å². The SMILES string of the molecule is CCCCCCNCC(=O)Nc1ccc(OCc2ccccc2)cc1C. The van der Waals surface area contributed by atoms with Gasteiger partial charge in [-0.15, -0.1) is 0 Å². The molecular formula is C22H30N2O2. The van der Waals surface area contributed by atoms with Crippen LogP contribution in [0.2, 0.25) is 0 Å². The first-order chi connectivity index (χ1) is 12.7. The lowest BCUT2D eigenvalue weighted by Crippen LogP contribution is -2.29. The molecule has 0 saturated heterocycles. The molecule has 2 rings (SSSR count). The third-order valence-corrected chi connectivity index (χ3v) is 4.21. The minimum Gasteiger partial charge on any atom is -0.489 e. The molecule has 2 aromatic carbocycles. The molecule has 26 heavy (non-hydrogen) atoms. The first kappa shape index (κ1) is 20.0. The molecule has 0 heterocycles. The fourth-order valence-corrected chi connectivity index (χ4v) is 2.68. The van der Waals surface area contributed by atoms with Crippen LogP contribution in [0.15, 0.2) is 48.5 Å². The van der Waals surface area contributed by atoms with Gasteiger partial charge in [-0.3, -0.25) is 4.79 Å². The van der Waals surface area contributed by atoms with Gasteiger partial charge in [0.15, 0.2) is 0 Å². The Bertz CT molecular complexity index is 671. The van der Waals surface area contributed by atoms with Crippen LogP contribution in [-0.4, -0.2) is 19.0 Å². The Labute approximate surface area is 157 Å². The minimum atomic E-state index is -0.0125. The second-order valence-corrected chi connectivity index (χ2v) is 6.54. The first-order valence-electron chi connectivity index (χ1n) is 9.47. The molecule has 0 bridgehead atoms. The zero-order valence-corrected chi connectivity index (χ0v) is 15.9. The van der Waals surface area contributed by atoms with E-state index >= 15 is 0 Å². The van der Waals surface area contributed by atoms with Crippen LogP contribution in [0.25, 0.3) is 0 Å². The molecule has 0 unspecified atom stereocenters. The molecule has 0 spiro atoms. The molecule has 4 heteroatoms. The number of hydrogen-bond donors (Lipinski definition) is 2. The lowest BCUT2D eigenvalue weighted by Gasteiger charge is -2.12. The molecule has 0 fully saturated rings. The summed E-state index contributed by atoms with van der Waals surface area (Å²) < 4.78 is 5.82. The zero-order valence-electron chi connectivity index (χ0n) is 15.9. The average molecular weight is 354 g/mol. The van der Waals surface area contributed by atoms with Gasteiger partial charge in [0.25, 0.3) is 0 Å². The first-order valence-corrected chi connectivity index (χ1v) is 9.47. The summed E-state index contributed by atoms with van der Waals surface area (Å²) in [5, 5.41) is 6.15. The number of anilines is 1. The van der Waals surface area contributed by atoms with E-state index in [1.165, 1.54) is 19.3 Å². The maximum atomic E-state index is 12.0. The number of unbranched alkanes of at least 4 members (excludes halogenated alkanes) is 3. The summed E-state index contributed by atoms with van der Waals surface area (Å²) in [6, 6.07) is 15.8. The van der Waals surface area contributed by atoms with Gasteiger partial charge in [-0.2, -0.15) is 0 Å². The number of ether oxygens (including phenoxy) is 1. The van der Waals surface area contributed by atoms with Crippen molar-refractivity contribution in [3.05, 3.63) is 59.7 Å². The topological polar surface area (TPSA) is 50.4 Å². The highest BCUT2D eigenvalue weighted by Crippen LogP contribution is 2.22. The summed E-state index contributed by atoms with van der Waals surface area (Å²) in [7, 11) is 0. The second-order valence-electron chi connectivity index (χ2n) is 6.54. The quantitative estimate of drug-likeness (QED) is 0.576. The number of rotatable bonds is 11. The predicted molar refractivity (Wildman–Crippen MR) is 108 cm³/mol. The Morgan fingerprint density at radius 1 is 1.04 bits per heavy atom. The van der Waals surface area contributed by atoms with Gasteiger partial charge in [0.2, 0.25) is 5.91 Å². The van der Waals surface area contributed by atoms with Crippen LogP contribution >= 0.6 is 0 Å². The van der Waals surface area contributed by atoms with Gasteiger partial charge in [-0.1, -0.05) is 56.5 Å². The molecule has 2 aromatic rings. The third kappa shape index (κ3) is 7.28. The standard InChI is InChI=1S/C22H30N2O2/c1-3-4-5-9-14-23-16-22(25)24-21-13-12-20(15-18(21)2)26-17-19-10-7-6-8-11-19/h6-8,10-13,15,23H,3-5,9,14,16-17H2,1-2H3,(H,24,25). The highest BCUT2D eigenvalue weighted by molar-refractivity contribution is 5.93. The van der Waals surface area contributed by atoms with Crippen molar-refractivity contribution in [3.63, 3.8) is 0 Å². The monoisotopic (exact) mass is 354 g/mol. The maximum absolute atomic E-state index is 12.0. The summed E-state index contributed by atoms with van der Waals surface area (Å²) in [6.07, 6.45) is 4.82. The molecule has 0 aromatic heterocycles. The van der Waals surface area contributed by atoms with Crippen molar-refractivity contribution in [1.82, 2.24) is 5.32 Å². The van der Waals surface area contributed by atoms with Crippen molar-refractivity contribution in [2.75, 3.05) is 18.4 Å². The van der Waals surface area contributed by atoms with Crippen LogP contribution in [0.3, 0.4) is 0 Å². The highest BCUT2D eigenvalue weighted by atomic mass is 16.5. The van der Waals surface area contributed by atoms with E-state index in [-0.39, 0.29) is 5.91 Å². The number of carbonyl (C=O) groups excluding carboxylic acids is 1. The predicted octanol–water partition coefficient (Wildman–Crippen LogP) is 4.68. The molecule has 2 N–H and O–H groups in total. The largest absolute Gasteiger partial charge is 0.489 e. The van der Waals surface area contributed by atoms with Gasteiger partial charge in [0.05, 0.1) is 6.54 Å². The molecule has 0 aliphatic carbocycles. The normalized spacial score (nSPS) is 10.5. The molecule has 1 amide bonds. The van der Waals surface area contributed by atoms with Crippen molar-refractivity contribution in [3.8, 4) is 5.75 Å². The molecule has 0 aliphatic heterocycles. The van der Waals surface area contributed by atoms with Gasteiger partial charge in [0.1, 0.15) is 12.4 Å². The van der Waals surface area contributed by atoms with Crippen molar-refractivity contribution < 1.29 is 9.53 Å². The molecule has 0 atom stereocenters. The van der Waals surface area contributed by atoms with Crippen LogP contribution < -0.4 is 15.4 Å². The molecule has 4 nitrogen and oxygen atoms in total.